The minimum atomic E-state index is 0.241. The molecule has 0 bridgehead atoms. The Balaban J connectivity index is 1.70. The smallest absolute Gasteiger partial charge is 0.119 e. The van der Waals surface area contributed by atoms with E-state index in [-0.39, 0.29) is 6.04 Å². The second-order valence-electron chi connectivity index (χ2n) is 4.09. The SMILES string of the molecule is C[C@@H](NCCOc1ccccc1)c1ccccn1. The number of nitrogens with one attached hydrogen (secondary N) is 1. The van der Waals surface area contributed by atoms with Gasteiger partial charge in [-0.15, -0.1) is 0 Å². The minimum Gasteiger partial charge on any atom is -0.492 e. The Hall–Kier alpha value is -1.87. The number of pyridine rings is 1. The summed E-state index contributed by atoms with van der Waals surface area (Å²) in [7, 11) is 0. The Morgan fingerprint density at radius 2 is 1.89 bits per heavy atom. The maximum atomic E-state index is 5.61. The molecule has 3 nitrogen and oxygen atoms in total. The van der Waals surface area contributed by atoms with Gasteiger partial charge in [-0.2, -0.15) is 0 Å². The highest BCUT2D eigenvalue weighted by molar-refractivity contribution is 5.20. The van der Waals surface area contributed by atoms with E-state index in [1.54, 1.807) is 0 Å². The Bertz CT molecular complexity index is 445. The van der Waals surface area contributed by atoms with E-state index in [1.165, 1.54) is 0 Å². The first-order valence-electron chi connectivity index (χ1n) is 6.18. The summed E-state index contributed by atoms with van der Waals surface area (Å²) < 4.78 is 5.61. The summed E-state index contributed by atoms with van der Waals surface area (Å²) in [5.41, 5.74) is 1.05. The third-order valence-corrected chi connectivity index (χ3v) is 2.70. The fraction of sp³-hybridized carbons (Fsp3) is 0.267. The fourth-order valence-electron chi connectivity index (χ4n) is 1.70. The number of hydrogen-bond donors (Lipinski definition) is 1. The van der Waals surface area contributed by atoms with E-state index in [2.05, 4.69) is 17.2 Å². The lowest BCUT2D eigenvalue weighted by atomic mass is 10.2. The van der Waals surface area contributed by atoms with Crippen LogP contribution in [0.1, 0.15) is 18.7 Å². The summed E-state index contributed by atoms with van der Waals surface area (Å²) in [5, 5.41) is 3.38. The van der Waals surface area contributed by atoms with Crippen molar-refractivity contribution in [3.05, 3.63) is 60.4 Å². The highest BCUT2D eigenvalue weighted by Gasteiger charge is 2.04. The molecule has 0 aliphatic rings. The van der Waals surface area contributed by atoms with E-state index in [0.717, 1.165) is 18.0 Å². The summed E-state index contributed by atoms with van der Waals surface area (Å²) in [6.45, 7) is 3.55. The Kier molecular flexibility index (Phi) is 4.73. The molecule has 1 N–H and O–H groups in total. The molecule has 3 heteroatoms. The van der Waals surface area contributed by atoms with Crippen molar-refractivity contribution in [2.75, 3.05) is 13.2 Å². The quantitative estimate of drug-likeness (QED) is 0.791. The first-order valence-corrected chi connectivity index (χ1v) is 6.18. The standard InChI is InChI=1S/C15H18N2O/c1-13(15-9-5-6-10-17-15)16-11-12-18-14-7-3-2-4-8-14/h2-10,13,16H,11-12H2,1H3/t13-/m1/s1. The molecule has 0 spiro atoms. The average Bonchev–Trinajstić information content (AvgIpc) is 2.45. The average molecular weight is 242 g/mol. The van der Waals surface area contributed by atoms with Crippen LogP contribution < -0.4 is 10.1 Å². The molecule has 2 rings (SSSR count). The summed E-state index contributed by atoms with van der Waals surface area (Å²) in [6, 6.07) is 16.0. The van der Waals surface area contributed by atoms with Crippen LogP contribution >= 0.6 is 0 Å². The van der Waals surface area contributed by atoms with Crippen molar-refractivity contribution in [3.8, 4) is 5.75 Å². The summed E-state index contributed by atoms with van der Waals surface area (Å²) in [6.07, 6.45) is 1.81. The molecular weight excluding hydrogens is 224 g/mol. The van der Waals surface area contributed by atoms with Crippen molar-refractivity contribution in [3.63, 3.8) is 0 Å². The molecule has 2 aromatic rings. The van der Waals surface area contributed by atoms with Gasteiger partial charge in [-0.1, -0.05) is 24.3 Å². The second kappa shape index (κ2) is 6.77. The van der Waals surface area contributed by atoms with Crippen LogP contribution in [0, 0.1) is 0 Å². The summed E-state index contributed by atoms with van der Waals surface area (Å²) in [4.78, 5) is 4.31. The third kappa shape index (κ3) is 3.86. The number of hydrogen-bond acceptors (Lipinski definition) is 3. The van der Waals surface area contributed by atoms with Gasteiger partial charge in [0.15, 0.2) is 0 Å². The molecule has 0 unspecified atom stereocenters. The third-order valence-electron chi connectivity index (χ3n) is 2.70. The number of ether oxygens (including phenoxy) is 1. The van der Waals surface area contributed by atoms with Gasteiger partial charge >= 0.3 is 0 Å². The van der Waals surface area contributed by atoms with E-state index in [0.29, 0.717) is 6.61 Å². The van der Waals surface area contributed by atoms with Crippen LogP contribution in [-0.4, -0.2) is 18.1 Å². The van der Waals surface area contributed by atoms with Crippen molar-refractivity contribution < 1.29 is 4.74 Å². The number of benzene rings is 1. The highest BCUT2D eigenvalue weighted by atomic mass is 16.5. The number of para-hydroxylation sites is 1. The van der Waals surface area contributed by atoms with E-state index in [4.69, 9.17) is 4.74 Å². The molecule has 94 valence electrons. The van der Waals surface area contributed by atoms with Crippen LogP contribution in [0.15, 0.2) is 54.7 Å². The second-order valence-corrected chi connectivity index (χ2v) is 4.09. The monoisotopic (exact) mass is 242 g/mol. The fourth-order valence-corrected chi connectivity index (χ4v) is 1.70. The Labute approximate surface area is 108 Å². The van der Waals surface area contributed by atoms with Crippen LogP contribution in [-0.2, 0) is 0 Å². The number of aromatic nitrogens is 1. The summed E-state index contributed by atoms with van der Waals surface area (Å²) >= 11 is 0. The van der Waals surface area contributed by atoms with Gasteiger partial charge in [0.1, 0.15) is 12.4 Å². The zero-order valence-corrected chi connectivity index (χ0v) is 10.5. The first-order chi connectivity index (χ1) is 8.86. The van der Waals surface area contributed by atoms with Gasteiger partial charge in [-0.3, -0.25) is 4.98 Å². The minimum absolute atomic E-state index is 0.241. The molecule has 1 heterocycles. The van der Waals surface area contributed by atoms with Gasteiger partial charge < -0.3 is 10.1 Å². The van der Waals surface area contributed by atoms with Crippen molar-refractivity contribution in [2.45, 2.75) is 13.0 Å². The van der Waals surface area contributed by atoms with E-state index >= 15 is 0 Å². The molecule has 0 saturated heterocycles. The number of rotatable bonds is 6. The molecule has 0 fully saturated rings. The van der Waals surface area contributed by atoms with Gasteiger partial charge in [0.05, 0.1) is 5.69 Å². The van der Waals surface area contributed by atoms with Gasteiger partial charge in [0.2, 0.25) is 0 Å². The zero-order chi connectivity index (χ0) is 12.6. The van der Waals surface area contributed by atoms with Gasteiger partial charge in [0, 0.05) is 18.8 Å². The highest BCUT2D eigenvalue weighted by Crippen LogP contribution is 2.09. The molecule has 1 aromatic heterocycles. The molecule has 0 radical (unpaired) electrons. The van der Waals surface area contributed by atoms with Crippen LogP contribution in [0.5, 0.6) is 5.75 Å². The number of nitrogens with zero attached hydrogens (tertiary/aromatic N) is 1. The Morgan fingerprint density at radius 1 is 1.11 bits per heavy atom. The Morgan fingerprint density at radius 3 is 2.61 bits per heavy atom. The predicted molar refractivity (Wildman–Crippen MR) is 72.6 cm³/mol. The molecule has 0 aliphatic heterocycles. The van der Waals surface area contributed by atoms with Crippen LogP contribution in [0.4, 0.5) is 0 Å². The molecule has 18 heavy (non-hydrogen) atoms. The molecule has 0 aliphatic carbocycles. The maximum Gasteiger partial charge on any atom is 0.119 e. The first kappa shape index (κ1) is 12.6. The largest absolute Gasteiger partial charge is 0.492 e. The molecule has 1 atom stereocenters. The van der Waals surface area contributed by atoms with Crippen molar-refractivity contribution in [1.82, 2.24) is 10.3 Å². The molecular formula is C15H18N2O. The molecule has 0 amide bonds. The molecule has 0 saturated carbocycles. The summed E-state index contributed by atoms with van der Waals surface area (Å²) in [5.74, 6) is 0.907. The van der Waals surface area contributed by atoms with E-state index in [1.807, 2.05) is 54.7 Å². The predicted octanol–water partition coefficient (Wildman–Crippen LogP) is 2.81. The van der Waals surface area contributed by atoms with Crippen LogP contribution in [0.3, 0.4) is 0 Å². The van der Waals surface area contributed by atoms with E-state index < -0.39 is 0 Å². The van der Waals surface area contributed by atoms with Gasteiger partial charge in [-0.25, -0.2) is 0 Å². The lowest BCUT2D eigenvalue weighted by Gasteiger charge is -2.13. The topological polar surface area (TPSA) is 34.1 Å². The lowest BCUT2D eigenvalue weighted by molar-refractivity contribution is 0.307. The van der Waals surface area contributed by atoms with Crippen molar-refractivity contribution in [1.29, 1.82) is 0 Å². The van der Waals surface area contributed by atoms with Crippen LogP contribution in [0.25, 0.3) is 0 Å². The van der Waals surface area contributed by atoms with Gasteiger partial charge in [0.25, 0.3) is 0 Å². The lowest BCUT2D eigenvalue weighted by Crippen LogP contribution is -2.24. The molecule has 1 aromatic carbocycles. The van der Waals surface area contributed by atoms with Crippen molar-refractivity contribution in [2.24, 2.45) is 0 Å². The van der Waals surface area contributed by atoms with Gasteiger partial charge in [-0.05, 0) is 31.2 Å². The van der Waals surface area contributed by atoms with E-state index in [9.17, 15) is 0 Å². The normalized spacial score (nSPS) is 12.1. The van der Waals surface area contributed by atoms with Crippen molar-refractivity contribution >= 4 is 0 Å². The zero-order valence-electron chi connectivity index (χ0n) is 10.5. The van der Waals surface area contributed by atoms with Crippen LogP contribution in [0.2, 0.25) is 0 Å². The maximum absolute atomic E-state index is 5.61.